The Labute approximate surface area is 134 Å². The maximum absolute atomic E-state index is 11.5. The third-order valence-corrected chi connectivity index (χ3v) is 4.89. The molecule has 126 valence electrons. The number of hydrogen-bond acceptors (Lipinski definition) is 6. The van der Waals surface area contributed by atoms with Gasteiger partial charge in [-0.2, -0.15) is 8.42 Å². The van der Waals surface area contributed by atoms with Crippen molar-refractivity contribution in [3.05, 3.63) is 11.9 Å². The Morgan fingerprint density at radius 2 is 2.09 bits per heavy atom. The van der Waals surface area contributed by atoms with Crippen LogP contribution in [0, 0.1) is 5.92 Å². The quantitative estimate of drug-likeness (QED) is 0.654. The van der Waals surface area contributed by atoms with Gasteiger partial charge >= 0.3 is 0 Å². The maximum Gasteiger partial charge on any atom is 0.274 e. The van der Waals surface area contributed by atoms with Crippen LogP contribution in [0.1, 0.15) is 24.8 Å². The van der Waals surface area contributed by atoms with Crippen LogP contribution < -0.4 is 20.1 Å². The van der Waals surface area contributed by atoms with E-state index in [1.54, 1.807) is 0 Å². The average Bonchev–Trinajstić information content (AvgIpc) is 2.87. The highest BCUT2D eigenvalue weighted by Gasteiger charge is 2.28. The van der Waals surface area contributed by atoms with Gasteiger partial charge < -0.3 is 10.2 Å². The molecule has 0 unspecified atom stereocenters. The Bertz CT molecular complexity index is 700. The predicted molar refractivity (Wildman–Crippen MR) is 85.0 cm³/mol. The van der Waals surface area contributed by atoms with Gasteiger partial charge in [0.2, 0.25) is 5.91 Å². The van der Waals surface area contributed by atoms with E-state index in [0.29, 0.717) is 24.7 Å². The number of aromatic nitrogens is 2. The second kappa shape index (κ2) is 6.38. The number of nitrogens with one attached hydrogen (secondary N) is 2. The fourth-order valence-corrected chi connectivity index (χ4v) is 3.52. The van der Waals surface area contributed by atoms with Crippen LogP contribution in [0.15, 0.2) is 6.33 Å². The van der Waals surface area contributed by atoms with Crippen molar-refractivity contribution in [3.63, 3.8) is 0 Å². The molecular weight excluding hydrogens is 320 g/mol. The molecule has 0 atom stereocenters. The van der Waals surface area contributed by atoms with Gasteiger partial charge in [-0.1, -0.05) is 0 Å². The molecule has 4 N–H and O–H groups in total. The number of piperidine rings is 1. The molecule has 1 aromatic rings. The summed E-state index contributed by atoms with van der Waals surface area (Å²) in [5, 5.41) is 7.65. The first-order valence-electron chi connectivity index (χ1n) is 7.58. The van der Waals surface area contributed by atoms with Gasteiger partial charge in [0.15, 0.2) is 0 Å². The highest BCUT2D eigenvalue weighted by atomic mass is 32.2. The van der Waals surface area contributed by atoms with Crippen molar-refractivity contribution in [2.75, 3.05) is 29.9 Å². The third kappa shape index (κ3) is 3.95. The lowest BCUT2D eigenvalue weighted by molar-refractivity contribution is -0.115. The molecular formula is C13H20N6O3S. The number of rotatable bonds is 5. The number of anilines is 2. The van der Waals surface area contributed by atoms with E-state index in [1.165, 1.54) is 6.33 Å². The van der Waals surface area contributed by atoms with Crippen LogP contribution in [0.3, 0.4) is 0 Å². The van der Waals surface area contributed by atoms with Gasteiger partial charge in [-0.25, -0.2) is 19.8 Å². The number of nitrogens with two attached hydrogens (primary N) is 1. The molecule has 2 aliphatic heterocycles. The summed E-state index contributed by atoms with van der Waals surface area (Å²) in [6, 6.07) is 0. The molecule has 2 aliphatic rings. The SMILES string of the molecule is NS(=O)(=O)NCCC1CCN(c2ncnc3c2CC(=O)N3)CC1. The minimum absolute atomic E-state index is 0.0503. The van der Waals surface area contributed by atoms with Gasteiger partial charge in [0.1, 0.15) is 18.0 Å². The molecule has 3 rings (SSSR count). The molecule has 9 nitrogen and oxygen atoms in total. The molecule has 1 amide bonds. The fourth-order valence-electron chi connectivity index (χ4n) is 3.12. The number of fused-ring (bicyclic) bond motifs is 1. The van der Waals surface area contributed by atoms with Crippen molar-refractivity contribution in [1.29, 1.82) is 0 Å². The first kappa shape index (κ1) is 16.1. The zero-order chi connectivity index (χ0) is 16.4. The molecule has 1 aromatic heterocycles. The van der Waals surface area contributed by atoms with Crippen LogP contribution in [-0.2, 0) is 21.4 Å². The van der Waals surface area contributed by atoms with Crippen LogP contribution in [0.5, 0.6) is 0 Å². The first-order chi connectivity index (χ1) is 10.9. The normalized spacial score (nSPS) is 18.8. The standard InChI is InChI=1S/C13H20N6O3S/c14-23(21,22)17-4-1-9-2-5-19(6-3-9)13-10-7-11(20)18-12(10)15-8-16-13/h8-9,17H,1-7H2,(H2,14,21,22)(H,15,16,18,20). The first-order valence-corrected chi connectivity index (χ1v) is 9.13. The fraction of sp³-hybridized carbons (Fsp3) is 0.615. The number of carbonyl (C=O) groups is 1. The molecule has 3 heterocycles. The molecule has 23 heavy (non-hydrogen) atoms. The van der Waals surface area contributed by atoms with Crippen LogP contribution in [0.2, 0.25) is 0 Å². The Morgan fingerprint density at radius 3 is 2.78 bits per heavy atom. The number of hydrogen-bond donors (Lipinski definition) is 3. The van der Waals surface area contributed by atoms with Crippen molar-refractivity contribution >= 4 is 27.8 Å². The predicted octanol–water partition coefficient (Wildman–Crippen LogP) is -0.629. The summed E-state index contributed by atoms with van der Waals surface area (Å²) >= 11 is 0. The van der Waals surface area contributed by atoms with Crippen molar-refractivity contribution in [2.24, 2.45) is 11.1 Å². The van der Waals surface area contributed by atoms with Gasteiger partial charge in [-0.05, 0) is 25.2 Å². The van der Waals surface area contributed by atoms with E-state index >= 15 is 0 Å². The van der Waals surface area contributed by atoms with Gasteiger partial charge in [-0.3, -0.25) is 4.79 Å². The lowest BCUT2D eigenvalue weighted by atomic mass is 9.93. The molecule has 10 heteroatoms. The van der Waals surface area contributed by atoms with E-state index in [1.807, 2.05) is 0 Å². The molecule has 0 saturated carbocycles. The highest BCUT2D eigenvalue weighted by Crippen LogP contribution is 2.31. The molecule has 1 fully saturated rings. The van der Waals surface area contributed by atoms with E-state index in [9.17, 15) is 13.2 Å². The van der Waals surface area contributed by atoms with E-state index in [-0.39, 0.29) is 5.91 Å². The molecule has 0 aliphatic carbocycles. The van der Waals surface area contributed by atoms with Crippen molar-refractivity contribution in [2.45, 2.75) is 25.7 Å². The summed E-state index contributed by atoms with van der Waals surface area (Å²) in [6.45, 7) is 2.03. The van der Waals surface area contributed by atoms with Crippen molar-refractivity contribution in [1.82, 2.24) is 14.7 Å². The lowest BCUT2D eigenvalue weighted by Crippen LogP contribution is -2.37. The van der Waals surface area contributed by atoms with Crippen molar-refractivity contribution < 1.29 is 13.2 Å². The smallest absolute Gasteiger partial charge is 0.274 e. The van der Waals surface area contributed by atoms with Crippen LogP contribution in [-0.4, -0.2) is 43.9 Å². The van der Waals surface area contributed by atoms with E-state index in [0.717, 1.165) is 43.7 Å². The van der Waals surface area contributed by atoms with E-state index in [4.69, 9.17) is 5.14 Å². The Hall–Kier alpha value is -1.78. The zero-order valence-corrected chi connectivity index (χ0v) is 13.5. The molecule has 0 radical (unpaired) electrons. The molecule has 1 saturated heterocycles. The van der Waals surface area contributed by atoms with Crippen molar-refractivity contribution in [3.8, 4) is 0 Å². The topological polar surface area (TPSA) is 130 Å². The maximum atomic E-state index is 11.5. The lowest BCUT2D eigenvalue weighted by Gasteiger charge is -2.33. The number of amides is 1. The Kier molecular flexibility index (Phi) is 4.46. The third-order valence-electron chi connectivity index (χ3n) is 4.29. The largest absolute Gasteiger partial charge is 0.356 e. The van der Waals surface area contributed by atoms with Gasteiger partial charge in [0, 0.05) is 25.2 Å². The monoisotopic (exact) mass is 340 g/mol. The minimum atomic E-state index is -3.61. The molecule has 0 bridgehead atoms. The van der Waals surface area contributed by atoms with Crippen LogP contribution in [0.25, 0.3) is 0 Å². The summed E-state index contributed by atoms with van der Waals surface area (Å²) in [5.41, 5.74) is 0.867. The van der Waals surface area contributed by atoms with Crippen LogP contribution in [0.4, 0.5) is 11.6 Å². The zero-order valence-electron chi connectivity index (χ0n) is 12.7. The second-order valence-corrected chi connectivity index (χ2v) is 7.29. The van der Waals surface area contributed by atoms with Gasteiger partial charge in [0.25, 0.3) is 10.2 Å². The average molecular weight is 340 g/mol. The number of nitrogens with zero attached hydrogens (tertiary/aromatic N) is 3. The van der Waals surface area contributed by atoms with E-state index in [2.05, 4.69) is 24.9 Å². The summed E-state index contributed by atoms with van der Waals surface area (Å²) in [7, 11) is -3.61. The summed E-state index contributed by atoms with van der Waals surface area (Å²) in [5.74, 6) is 1.84. The Balaban J connectivity index is 1.56. The summed E-state index contributed by atoms with van der Waals surface area (Å²) in [6.07, 6.45) is 4.47. The molecule has 0 spiro atoms. The Morgan fingerprint density at radius 1 is 1.35 bits per heavy atom. The minimum Gasteiger partial charge on any atom is -0.356 e. The molecule has 0 aromatic carbocycles. The second-order valence-electron chi connectivity index (χ2n) is 5.91. The summed E-state index contributed by atoms with van der Waals surface area (Å²) in [4.78, 5) is 22.1. The van der Waals surface area contributed by atoms with E-state index < -0.39 is 10.2 Å². The van der Waals surface area contributed by atoms with Gasteiger partial charge in [0.05, 0.1) is 6.42 Å². The van der Waals surface area contributed by atoms with Gasteiger partial charge in [-0.15, -0.1) is 0 Å². The highest BCUT2D eigenvalue weighted by molar-refractivity contribution is 7.87. The summed E-state index contributed by atoms with van der Waals surface area (Å²) < 4.78 is 24.0. The number of carbonyl (C=O) groups excluding carboxylic acids is 1. The van der Waals surface area contributed by atoms with Crippen LogP contribution >= 0.6 is 0 Å².